The van der Waals surface area contributed by atoms with Gasteiger partial charge in [0.1, 0.15) is 11.9 Å². The Morgan fingerprint density at radius 3 is 2.81 bits per heavy atom. The third kappa shape index (κ3) is 3.80. The van der Waals surface area contributed by atoms with Gasteiger partial charge in [-0.3, -0.25) is 4.79 Å². The van der Waals surface area contributed by atoms with Crippen molar-refractivity contribution in [1.29, 1.82) is 5.26 Å². The molecule has 0 atom stereocenters. The van der Waals surface area contributed by atoms with Gasteiger partial charge in [-0.1, -0.05) is 11.3 Å². The van der Waals surface area contributed by atoms with Crippen molar-refractivity contribution in [2.24, 2.45) is 5.92 Å². The standard InChI is InChI=1S/C18H16N6O2S/c19-10-12-3-4-15(20-11-12)24-7-5-13(6-8-24)16(25)21-18-23-22-17(27-18)14-2-1-9-26-14/h1-4,9,11,13H,5-8H2,(H,21,23,25). The molecule has 0 aromatic carbocycles. The molecule has 8 nitrogen and oxygen atoms in total. The highest BCUT2D eigenvalue weighted by molar-refractivity contribution is 7.18. The van der Waals surface area contributed by atoms with Crippen LogP contribution in [0.3, 0.4) is 0 Å². The zero-order valence-corrected chi connectivity index (χ0v) is 15.1. The summed E-state index contributed by atoms with van der Waals surface area (Å²) in [5, 5.41) is 20.9. The van der Waals surface area contributed by atoms with Crippen molar-refractivity contribution in [3.8, 4) is 16.8 Å². The number of anilines is 2. The van der Waals surface area contributed by atoms with Gasteiger partial charge >= 0.3 is 0 Å². The number of rotatable bonds is 4. The number of nitrogens with zero attached hydrogens (tertiary/aromatic N) is 5. The molecule has 0 radical (unpaired) electrons. The van der Waals surface area contributed by atoms with Crippen molar-refractivity contribution in [3.63, 3.8) is 0 Å². The van der Waals surface area contributed by atoms with Crippen LogP contribution in [0, 0.1) is 17.2 Å². The van der Waals surface area contributed by atoms with Crippen LogP contribution in [0.2, 0.25) is 0 Å². The second-order valence-electron chi connectivity index (χ2n) is 6.16. The maximum atomic E-state index is 12.5. The zero-order valence-electron chi connectivity index (χ0n) is 14.3. The van der Waals surface area contributed by atoms with Crippen molar-refractivity contribution < 1.29 is 9.21 Å². The smallest absolute Gasteiger partial charge is 0.229 e. The van der Waals surface area contributed by atoms with Crippen molar-refractivity contribution in [1.82, 2.24) is 15.2 Å². The number of pyridine rings is 1. The summed E-state index contributed by atoms with van der Waals surface area (Å²) in [4.78, 5) is 19.0. The topological polar surface area (TPSA) is 108 Å². The molecule has 0 bridgehead atoms. The lowest BCUT2D eigenvalue weighted by Crippen LogP contribution is -2.38. The van der Waals surface area contributed by atoms with E-state index in [2.05, 4.69) is 31.5 Å². The van der Waals surface area contributed by atoms with Crippen molar-refractivity contribution in [2.45, 2.75) is 12.8 Å². The normalized spacial score (nSPS) is 14.7. The molecule has 1 aliphatic rings. The number of carbonyl (C=O) groups is 1. The Morgan fingerprint density at radius 2 is 2.15 bits per heavy atom. The first-order chi connectivity index (χ1) is 13.2. The maximum absolute atomic E-state index is 12.5. The fourth-order valence-electron chi connectivity index (χ4n) is 2.99. The van der Waals surface area contributed by atoms with Gasteiger partial charge in [0, 0.05) is 25.2 Å². The predicted octanol–water partition coefficient (Wildman–Crippen LogP) is 2.92. The molecule has 0 saturated carbocycles. The molecule has 1 fully saturated rings. The third-order valence-electron chi connectivity index (χ3n) is 4.45. The van der Waals surface area contributed by atoms with Gasteiger partial charge in [-0.05, 0) is 37.1 Å². The molecule has 0 aliphatic carbocycles. The number of nitriles is 1. The monoisotopic (exact) mass is 380 g/mol. The van der Waals surface area contributed by atoms with Gasteiger partial charge in [-0.2, -0.15) is 5.26 Å². The highest BCUT2D eigenvalue weighted by atomic mass is 32.1. The minimum absolute atomic E-state index is 0.0374. The Hall–Kier alpha value is -3.25. The van der Waals surface area contributed by atoms with E-state index in [1.54, 1.807) is 30.7 Å². The molecule has 1 aliphatic heterocycles. The molecule has 0 unspecified atom stereocenters. The fourth-order valence-corrected chi connectivity index (χ4v) is 3.71. The minimum atomic E-state index is -0.0735. The summed E-state index contributed by atoms with van der Waals surface area (Å²) >= 11 is 1.29. The summed E-state index contributed by atoms with van der Waals surface area (Å²) < 4.78 is 5.29. The second-order valence-corrected chi connectivity index (χ2v) is 7.13. The molecule has 4 heterocycles. The number of aromatic nitrogens is 3. The van der Waals surface area contributed by atoms with Gasteiger partial charge in [-0.15, -0.1) is 10.2 Å². The van der Waals surface area contributed by atoms with Crippen LogP contribution in [-0.4, -0.2) is 34.2 Å². The predicted molar refractivity (Wildman–Crippen MR) is 100 cm³/mol. The molecule has 1 N–H and O–H groups in total. The highest BCUT2D eigenvalue weighted by Crippen LogP contribution is 2.28. The van der Waals surface area contributed by atoms with E-state index in [4.69, 9.17) is 9.68 Å². The first kappa shape index (κ1) is 17.2. The minimum Gasteiger partial charge on any atom is -0.462 e. The molecule has 4 rings (SSSR count). The quantitative estimate of drug-likeness (QED) is 0.741. The lowest BCUT2D eigenvalue weighted by atomic mass is 9.96. The van der Waals surface area contributed by atoms with E-state index in [9.17, 15) is 4.79 Å². The molecule has 3 aromatic rings. The molecular formula is C18H16N6O2S. The number of hydrogen-bond donors (Lipinski definition) is 1. The van der Waals surface area contributed by atoms with Crippen LogP contribution in [0.4, 0.5) is 10.9 Å². The number of amides is 1. The van der Waals surface area contributed by atoms with Gasteiger partial charge in [0.25, 0.3) is 0 Å². The molecule has 1 saturated heterocycles. The third-order valence-corrected chi connectivity index (χ3v) is 5.31. The van der Waals surface area contributed by atoms with Crippen LogP contribution in [0.25, 0.3) is 10.8 Å². The summed E-state index contributed by atoms with van der Waals surface area (Å²) in [6.45, 7) is 1.48. The summed E-state index contributed by atoms with van der Waals surface area (Å²) in [5.41, 5.74) is 0.541. The van der Waals surface area contributed by atoms with E-state index in [0.717, 1.165) is 31.7 Å². The number of carbonyl (C=O) groups excluding carboxylic acids is 1. The largest absolute Gasteiger partial charge is 0.462 e. The molecule has 3 aromatic heterocycles. The zero-order chi connectivity index (χ0) is 18.6. The van der Waals surface area contributed by atoms with E-state index >= 15 is 0 Å². The lowest BCUT2D eigenvalue weighted by Gasteiger charge is -2.31. The Balaban J connectivity index is 1.32. The molecule has 27 heavy (non-hydrogen) atoms. The van der Waals surface area contributed by atoms with E-state index in [0.29, 0.717) is 21.5 Å². The molecule has 1 amide bonds. The van der Waals surface area contributed by atoms with Crippen molar-refractivity contribution in [3.05, 3.63) is 42.3 Å². The summed E-state index contributed by atoms with van der Waals surface area (Å²) in [6, 6.07) is 9.25. The summed E-state index contributed by atoms with van der Waals surface area (Å²) in [7, 11) is 0. The average Bonchev–Trinajstić information content (AvgIpc) is 3.40. The van der Waals surface area contributed by atoms with Gasteiger partial charge < -0.3 is 14.6 Å². The van der Waals surface area contributed by atoms with Gasteiger partial charge in [-0.25, -0.2) is 4.98 Å². The SMILES string of the molecule is N#Cc1ccc(N2CCC(C(=O)Nc3nnc(-c4ccco4)s3)CC2)nc1. The number of nitrogens with one attached hydrogen (secondary N) is 1. The summed E-state index contributed by atoms with van der Waals surface area (Å²) in [5.74, 6) is 1.36. The number of furan rings is 1. The first-order valence-electron chi connectivity index (χ1n) is 8.52. The fraction of sp³-hybridized carbons (Fsp3) is 0.278. The lowest BCUT2D eigenvalue weighted by molar-refractivity contribution is -0.120. The molecule has 0 spiro atoms. The van der Waals surface area contributed by atoms with E-state index in [-0.39, 0.29) is 11.8 Å². The average molecular weight is 380 g/mol. The van der Waals surface area contributed by atoms with Gasteiger partial charge in [0.05, 0.1) is 11.8 Å². The maximum Gasteiger partial charge on any atom is 0.229 e. The van der Waals surface area contributed by atoms with E-state index in [1.165, 1.54) is 11.3 Å². The Labute approximate surface area is 159 Å². The van der Waals surface area contributed by atoms with Crippen LogP contribution in [0.5, 0.6) is 0 Å². The number of piperidine rings is 1. The highest BCUT2D eigenvalue weighted by Gasteiger charge is 2.26. The van der Waals surface area contributed by atoms with Crippen LogP contribution in [0.15, 0.2) is 41.1 Å². The van der Waals surface area contributed by atoms with Crippen LogP contribution < -0.4 is 10.2 Å². The van der Waals surface area contributed by atoms with Gasteiger partial charge in [0.15, 0.2) is 10.8 Å². The Morgan fingerprint density at radius 1 is 1.30 bits per heavy atom. The number of hydrogen-bond acceptors (Lipinski definition) is 8. The van der Waals surface area contributed by atoms with Crippen LogP contribution in [0.1, 0.15) is 18.4 Å². The second kappa shape index (κ2) is 7.55. The van der Waals surface area contributed by atoms with Crippen LogP contribution >= 0.6 is 11.3 Å². The molecule has 136 valence electrons. The van der Waals surface area contributed by atoms with Crippen LogP contribution in [-0.2, 0) is 4.79 Å². The van der Waals surface area contributed by atoms with Crippen molar-refractivity contribution in [2.75, 3.05) is 23.3 Å². The summed E-state index contributed by atoms with van der Waals surface area (Å²) in [6.07, 6.45) is 4.61. The van der Waals surface area contributed by atoms with E-state index in [1.807, 2.05) is 6.07 Å². The molecular weight excluding hydrogens is 364 g/mol. The molecule has 9 heteroatoms. The Bertz CT molecular complexity index is 953. The Kier molecular flexibility index (Phi) is 4.80. The van der Waals surface area contributed by atoms with E-state index < -0.39 is 0 Å². The van der Waals surface area contributed by atoms with Crippen molar-refractivity contribution >= 4 is 28.2 Å². The first-order valence-corrected chi connectivity index (χ1v) is 9.34. The van der Waals surface area contributed by atoms with Gasteiger partial charge in [0.2, 0.25) is 11.0 Å².